The van der Waals surface area contributed by atoms with Gasteiger partial charge in [0, 0.05) is 6.42 Å². The van der Waals surface area contributed by atoms with E-state index in [1.165, 1.54) is 0 Å². The fourth-order valence-corrected chi connectivity index (χ4v) is 3.68. The van der Waals surface area contributed by atoms with Gasteiger partial charge in [-0.05, 0) is 33.9 Å². The van der Waals surface area contributed by atoms with Crippen LogP contribution in [-0.4, -0.2) is 24.1 Å². The zero-order valence-corrected chi connectivity index (χ0v) is 16.6. The number of hydrogen-bond donors (Lipinski definition) is 2. The van der Waals surface area contributed by atoms with Gasteiger partial charge in [0.15, 0.2) is 0 Å². The first-order chi connectivity index (χ1) is 14.0. The van der Waals surface area contributed by atoms with E-state index in [4.69, 9.17) is 4.74 Å². The molecule has 0 fully saturated rings. The van der Waals surface area contributed by atoms with Crippen LogP contribution in [0, 0.1) is 0 Å². The van der Waals surface area contributed by atoms with Crippen molar-refractivity contribution in [2.75, 3.05) is 7.11 Å². The van der Waals surface area contributed by atoms with E-state index in [1.807, 2.05) is 73.7 Å². The van der Waals surface area contributed by atoms with Crippen LogP contribution >= 0.6 is 0 Å². The summed E-state index contributed by atoms with van der Waals surface area (Å²) in [6.45, 7) is 1.96. The molecule has 3 aromatic carbocycles. The third-order valence-corrected chi connectivity index (χ3v) is 5.07. The zero-order chi connectivity index (χ0) is 20.8. The third-order valence-electron chi connectivity index (χ3n) is 5.07. The van der Waals surface area contributed by atoms with Crippen molar-refractivity contribution in [2.24, 2.45) is 0 Å². The highest BCUT2D eigenvalue weighted by Gasteiger charge is 2.22. The number of para-hydroxylation sites is 1. The predicted molar refractivity (Wildman–Crippen MR) is 113 cm³/mol. The maximum absolute atomic E-state index is 12.8. The molecule has 0 spiro atoms. The molecule has 0 heterocycles. The summed E-state index contributed by atoms with van der Waals surface area (Å²) in [7, 11) is 1.61. The summed E-state index contributed by atoms with van der Waals surface area (Å²) in [4.78, 5) is 24.2. The smallest absolute Gasteiger partial charge is 0.305 e. The summed E-state index contributed by atoms with van der Waals surface area (Å²) < 4.78 is 5.39. The number of methoxy groups -OCH3 is 1. The van der Waals surface area contributed by atoms with Crippen LogP contribution in [0.3, 0.4) is 0 Å². The minimum absolute atomic E-state index is 0.0656. The van der Waals surface area contributed by atoms with Crippen molar-refractivity contribution in [2.45, 2.75) is 31.7 Å². The van der Waals surface area contributed by atoms with Gasteiger partial charge in [-0.15, -0.1) is 0 Å². The van der Waals surface area contributed by atoms with Gasteiger partial charge in [-0.25, -0.2) is 0 Å². The number of rotatable bonds is 8. The minimum atomic E-state index is -0.957. The Balaban J connectivity index is 1.81. The number of carbonyl (C=O) groups excluding carboxylic acids is 1. The fraction of sp³-hybridized carbons (Fsp3) is 0.250. The molecular weight excluding hydrogens is 366 g/mol. The number of ether oxygens (including phenoxy) is 1. The molecule has 0 aliphatic rings. The molecule has 0 radical (unpaired) electrons. The summed E-state index contributed by atoms with van der Waals surface area (Å²) in [6, 6.07) is 20.5. The summed E-state index contributed by atoms with van der Waals surface area (Å²) in [5.74, 6) is -0.475. The molecule has 1 unspecified atom stereocenters. The minimum Gasteiger partial charge on any atom is -0.496 e. The Hall–Kier alpha value is -3.34. The van der Waals surface area contributed by atoms with E-state index in [0.29, 0.717) is 0 Å². The van der Waals surface area contributed by atoms with E-state index in [-0.39, 0.29) is 24.7 Å². The molecule has 3 rings (SSSR count). The summed E-state index contributed by atoms with van der Waals surface area (Å²) in [5.41, 5.74) is 1.76. The number of hydrogen-bond acceptors (Lipinski definition) is 3. The van der Waals surface area contributed by atoms with Crippen molar-refractivity contribution in [3.05, 3.63) is 77.9 Å². The highest BCUT2D eigenvalue weighted by Crippen LogP contribution is 2.30. The first-order valence-electron chi connectivity index (χ1n) is 9.61. The first-order valence-corrected chi connectivity index (χ1v) is 9.61. The van der Waals surface area contributed by atoms with E-state index < -0.39 is 12.0 Å². The number of aliphatic carboxylic acids is 1. The molecule has 1 amide bonds. The van der Waals surface area contributed by atoms with Crippen LogP contribution in [0.4, 0.5) is 0 Å². The molecule has 3 aromatic rings. The second-order valence-electron chi connectivity index (χ2n) is 7.13. The standard InChI is InChI=1S/C24H25NO4/c1-16(18-10-5-6-13-22(18)29-2)14-23(26)25-21(15-24(27)28)20-12-7-9-17-8-3-4-11-19(17)20/h3-13,16,21H,14-15H2,1-2H3,(H,25,26)(H,27,28)/t16?,21-/m1/s1. The van der Waals surface area contributed by atoms with E-state index in [9.17, 15) is 14.7 Å². The Kier molecular flexibility index (Phi) is 6.50. The molecule has 0 saturated carbocycles. The van der Waals surface area contributed by atoms with Gasteiger partial charge in [0.05, 0.1) is 19.6 Å². The summed E-state index contributed by atoms with van der Waals surface area (Å²) in [5, 5.41) is 14.3. The highest BCUT2D eigenvalue weighted by atomic mass is 16.5. The topological polar surface area (TPSA) is 75.6 Å². The van der Waals surface area contributed by atoms with Crippen LogP contribution in [0.5, 0.6) is 5.75 Å². The lowest BCUT2D eigenvalue weighted by atomic mass is 9.94. The Morgan fingerprint density at radius 2 is 1.59 bits per heavy atom. The molecule has 0 aliphatic heterocycles. The van der Waals surface area contributed by atoms with Crippen LogP contribution < -0.4 is 10.1 Å². The Morgan fingerprint density at radius 1 is 0.931 bits per heavy atom. The zero-order valence-electron chi connectivity index (χ0n) is 16.6. The summed E-state index contributed by atoms with van der Waals surface area (Å²) >= 11 is 0. The molecule has 0 saturated heterocycles. The largest absolute Gasteiger partial charge is 0.496 e. The second kappa shape index (κ2) is 9.24. The number of amides is 1. The molecule has 0 bridgehead atoms. The van der Waals surface area contributed by atoms with E-state index in [2.05, 4.69) is 5.32 Å². The van der Waals surface area contributed by atoms with Gasteiger partial charge in [0.2, 0.25) is 5.91 Å². The number of benzene rings is 3. The van der Waals surface area contributed by atoms with Crippen molar-refractivity contribution in [3.63, 3.8) is 0 Å². The quantitative estimate of drug-likeness (QED) is 0.585. The lowest BCUT2D eigenvalue weighted by Crippen LogP contribution is -2.31. The Morgan fingerprint density at radius 3 is 2.34 bits per heavy atom. The molecule has 2 atom stereocenters. The van der Waals surface area contributed by atoms with Gasteiger partial charge in [0.1, 0.15) is 5.75 Å². The van der Waals surface area contributed by atoms with Gasteiger partial charge < -0.3 is 15.2 Å². The fourth-order valence-electron chi connectivity index (χ4n) is 3.68. The van der Waals surface area contributed by atoms with Crippen LogP contribution in [0.25, 0.3) is 10.8 Å². The molecule has 29 heavy (non-hydrogen) atoms. The maximum Gasteiger partial charge on any atom is 0.305 e. The van der Waals surface area contributed by atoms with Crippen LogP contribution in [-0.2, 0) is 9.59 Å². The third kappa shape index (κ3) is 4.93. The van der Waals surface area contributed by atoms with Crippen molar-refractivity contribution in [1.29, 1.82) is 0 Å². The molecule has 0 aliphatic carbocycles. The Bertz CT molecular complexity index is 1010. The maximum atomic E-state index is 12.8. The number of carboxylic acid groups (broad SMARTS) is 1. The van der Waals surface area contributed by atoms with Crippen molar-refractivity contribution in [3.8, 4) is 5.75 Å². The normalized spacial score (nSPS) is 12.9. The van der Waals surface area contributed by atoms with Gasteiger partial charge in [0.25, 0.3) is 0 Å². The molecule has 5 heteroatoms. The van der Waals surface area contributed by atoms with Crippen LogP contribution in [0.15, 0.2) is 66.7 Å². The molecular formula is C24H25NO4. The molecule has 2 N–H and O–H groups in total. The highest BCUT2D eigenvalue weighted by molar-refractivity contribution is 5.87. The average molecular weight is 391 g/mol. The van der Waals surface area contributed by atoms with Crippen LogP contribution in [0.2, 0.25) is 0 Å². The number of carboxylic acids is 1. The lowest BCUT2D eigenvalue weighted by Gasteiger charge is -2.21. The van der Waals surface area contributed by atoms with Crippen molar-refractivity contribution in [1.82, 2.24) is 5.32 Å². The van der Waals surface area contributed by atoms with Crippen molar-refractivity contribution >= 4 is 22.6 Å². The second-order valence-corrected chi connectivity index (χ2v) is 7.13. The number of nitrogens with one attached hydrogen (secondary N) is 1. The molecule has 150 valence electrons. The lowest BCUT2D eigenvalue weighted by molar-refractivity contribution is -0.137. The van der Waals surface area contributed by atoms with E-state index >= 15 is 0 Å². The van der Waals surface area contributed by atoms with Gasteiger partial charge in [-0.2, -0.15) is 0 Å². The monoisotopic (exact) mass is 391 g/mol. The SMILES string of the molecule is COc1ccccc1C(C)CC(=O)N[C@H](CC(=O)O)c1cccc2ccccc12. The van der Waals surface area contributed by atoms with E-state index in [0.717, 1.165) is 27.6 Å². The summed E-state index contributed by atoms with van der Waals surface area (Å²) in [6.07, 6.45) is 0.0596. The molecule has 0 aromatic heterocycles. The number of carbonyl (C=O) groups is 2. The first kappa shape index (κ1) is 20.4. The average Bonchev–Trinajstić information content (AvgIpc) is 2.72. The number of fused-ring (bicyclic) bond motifs is 1. The van der Waals surface area contributed by atoms with Gasteiger partial charge >= 0.3 is 5.97 Å². The Labute approximate surface area is 170 Å². The van der Waals surface area contributed by atoms with Crippen LogP contribution in [0.1, 0.15) is 42.9 Å². The molecule has 5 nitrogen and oxygen atoms in total. The van der Waals surface area contributed by atoms with Gasteiger partial charge in [-0.3, -0.25) is 9.59 Å². The van der Waals surface area contributed by atoms with Crippen molar-refractivity contribution < 1.29 is 19.4 Å². The predicted octanol–water partition coefficient (Wildman–Crippen LogP) is 4.67. The van der Waals surface area contributed by atoms with E-state index in [1.54, 1.807) is 7.11 Å². The van der Waals surface area contributed by atoms with Gasteiger partial charge in [-0.1, -0.05) is 67.6 Å².